The van der Waals surface area contributed by atoms with Gasteiger partial charge in [-0.25, -0.2) is 14.5 Å². The minimum atomic E-state index is -0.816. The third-order valence-electron chi connectivity index (χ3n) is 3.98. The minimum absolute atomic E-state index is 0.0992. The van der Waals surface area contributed by atoms with Crippen molar-refractivity contribution in [3.05, 3.63) is 69.1 Å². The maximum absolute atomic E-state index is 12.4. The van der Waals surface area contributed by atoms with E-state index in [1.165, 1.54) is 6.07 Å². The van der Waals surface area contributed by atoms with Crippen LogP contribution in [0.4, 0.5) is 5.69 Å². The summed E-state index contributed by atoms with van der Waals surface area (Å²) in [5.41, 5.74) is 2.96. The molecule has 0 aliphatic rings. The van der Waals surface area contributed by atoms with E-state index < -0.39 is 18.5 Å². The number of nitrogens with one attached hydrogen (secondary N) is 1. The molecule has 0 atom stereocenters. The van der Waals surface area contributed by atoms with Crippen LogP contribution in [0.1, 0.15) is 27.4 Å². The highest BCUT2D eigenvalue weighted by molar-refractivity contribution is 6.34. The second-order valence-corrected chi connectivity index (χ2v) is 7.26. The Hall–Kier alpha value is -2.90. The molecule has 0 saturated carbocycles. The van der Waals surface area contributed by atoms with E-state index in [1.807, 2.05) is 32.9 Å². The zero-order valence-corrected chi connectivity index (χ0v) is 17.5. The number of anilines is 1. The second-order valence-electron chi connectivity index (χ2n) is 6.45. The summed E-state index contributed by atoms with van der Waals surface area (Å²) in [7, 11) is 0. The van der Waals surface area contributed by atoms with E-state index in [0.29, 0.717) is 16.5 Å². The summed E-state index contributed by atoms with van der Waals surface area (Å²) < 4.78 is 6.65. The van der Waals surface area contributed by atoms with Gasteiger partial charge >= 0.3 is 5.97 Å². The number of carbonyl (C=O) groups excluding carboxylic acids is 2. The summed E-state index contributed by atoms with van der Waals surface area (Å²) >= 11 is 12.2. The van der Waals surface area contributed by atoms with Crippen molar-refractivity contribution in [1.29, 1.82) is 0 Å². The molecule has 1 amide bonds. The summed E-state index contributed by atoms with van der Waals surface area (Å²) in [6, 6.07) is 10.3. The lowest BCUT2D eigenvalue weighted by Gasteiger charge is -2.10. The third kappa shape index (κ3) is 4.93. The first kappa shape index (κ1) is 20.8. The van der Waals surface area contributed by atoms with Gasteiger partial charge in [0, 0.05) is 5.69 Å². The van der Waals surface area contributed by atoms with Crippen molar-refractivity contribution in [3.63, 3.8) is 0 Å². The van der Waals surface area contributed by atoms with E-state index >= 15 is 0 Å². The fourth-order valence-electron chi connectivity index (χ4n) is 2.66. The van der Waals surface area contributed by atoms with Crippen molar-refractivity contribution in [1.82, 2.24) is 14.8 Å². The van der Waals surface area contributed by atoms with Crippen LogP contribution < -0.4 is 5.32 Å². The third-order valence-corrected chi connectivity index (χ3v) is 4.60. The first-order chi connectivity index (χ1) is 13.7. The molecule has 0 spiro atoms. The van der Waals surface area contributed by atoms with Crippen LogP contribution in [0.25, 0.3) is 5.82 Å². The highest BCUT2D eigenvalue weighted by Gasteiger charge is 2.18. The molecule has 0 aliphatic carbocycles. The predicted molar refractivity (Wildman–Crippen MR) is 111 cm³/mol. The number of carbonyl (C=O) groups is 2. The lowest BCUT2D eigenvalue weighted by Crippen LogP contribution is -2.22. The van der Waals surface area contributed by atoms with Crippen LogP contribution >= 0.6 is 23.2 Å². The molecular weight excluding hydrogens is 415 g/mol. The average Bonchev–Trinajstić information content (AvgIpc) is 3.00. The normalized spacial score (nSPS) is 10.7. The van der Waals surface area contributed by atoms with Crippen LogP contribution in [-0.4, -0.2) is 33.2 Å². The number of pyridine rings is 1. The van der Waals surface area contributed by atoms with Gasteiger partial charge in [-0.3, -0.25) is 4.79 Å². The first-order valence-corrected chi connectivity index (χ1v) is 9.43. The molecule has 2 heterocycles. The molecule has 3 aromatic rings. The number of esters is 1. The summed E-state index contributed by atoms with van der Waals surface area (Å²) in [4.78, 5) is 28.7. The average molecular weight is 433 g/mol. The van der Waals surface area contributed by atoms with Gasteiger partial charge in [0.25, 0.3) is 5.91 Å². The molecule has 2 aromatic heterocycles. The van der Waals surface area contributed by atoms with Crippen LogP contribution in [0.2, 0.25) is 10.0 Å². The Bertz CT molecular complexity index is 1100. The number of aromatic nitrogens is 3. The molecule has 1 N–H and O–H groups in total. The molecule has 7 nitrogen and oxygen atoms in total. The van der Waals surface area contributed by atoms with Gasteiger partial charge in [-0.1, -0.05) is 29.3 Å². The lowest BCUT2D eigenvalue weighted by molar-refractivity contribution is -0.119. The SMILES string of the molecule is Cc1ccc(NC(=O)COC(=O)c2nc(-n3nc(C)cc3C)ccc2Cl)c(Cl)c1. The summed E-state index contributed by atoms with van der Waals surface area (Å²) in [6.07, 6.45) is 0. The fraction of sp³-hybridized carbons (Fsp3) is 0.200. The Morgan fingerprint density at radius 1 is 1.07 bits per heavy atom. The number of halogens is 2. The number of hydrogen-bond donors (Lipinski definition) is 1. The van der Waals surface area contributed by atoms with Crippen LogP contribution in [0.5, 0.6) is 0 Å². The van der Waals surface area contributed by atoms with E-state index in [1.54, 1.807) is 22.9 Å². The van der Waals surface area contributed by atoms with Gasteiger partial charge in [0.2, 0.25) is 0 Å². The molecule has 9 heteroatoms. The molecular formula is C20H18Cl2N4O3. The number of aryl methyl sites for hydroxylation is 3. The van der Waals surface area contributed by atoms with Crippen molar-refractivity contribution >= 4 is 40.8 Å². The molecule has 0 radical (unpaired) electrons. The highest BCUT2D eigenvalue weighted by Crippen LogP contribution is 2.23. The molecule has 0 unspecified atom stereocenters. The molecule has 0 fully saturated rings. The lowest BCUT2D eigenvalue weighted by atomic mass is 10.2. The standard InChI is InChI=1S/C20H18Cl2N4O3/c1-11-4-6-16(15(22)8-11)23-18(27)10-29-20(28)19-14(21)5-7-17(24-19)26-13(3)9-12(2)25-26/h4-9H,10H2,1-3H3,(H,23,27). The summed E-state index contributed by atoms with van der Waals surface area (Å²) in [6.45, 7) is 5.10. The molecule has 3 rings (SSSR count). The molecule has 0 saturated heterocycles. The number of hydrogen-bond acceptors (Lipinski definition) is 5. The predicted octanol–water partition coefficient (Wildman–Crippen LogP) is 4.29. The molecule has 1 aromatic carbocycles. The van der Waals surface area contributed by atoms with Crippen molar-refractivity contribution in [2.45, 2.75) is 20.8 Å². The summed E-state index contributed by atoms with van der Waals surface area (Å²) in [5.74, 6) is -0.929. The van der Waals surface area contributed by atoms with E-state index in [9.17, 15) is 9.59 Å². The largest absolute Gasteiger partial charge is 0.451 e. The molecule has 150 valence electrons. The van der Waals surface area contributed by atoms with Gasteiger partial charge in [0.05, 0.1) is 21.4 Å². The van der Waals surface area contributed by atoms with Gasteiger partial charge in [-0.05, 0) is 56.7 Å². The van der Waals surface area contributed by atoms with Crippen LogP contribution in [0.15, 0.2) is 36.4 Å². The second kappa shape index (κ2) is 8.63. The van der Waals surface area contributed by atoms with Gasteiger partial charge in [-0.15, -0.1) is 0 Å². The van der Waals surface area contributed by atoms with Gasteiger partial charge in [0.15, 0.2) is 18.1 Å². The Morgan fingerprint density at radius 2 is 1.83 bits per heavy atom. The minimum Gasteiger partial charge on any atom is -0.451 e. The van der Waals surface area contributed by atoms with Crippen molar-refractivity contribution < 1.29 is 14.3 Å². The quantitative estimate of drug-likeness (QED) is 0.607. The smallest absolute Gasteiger partial charge is 0.359 e. The van der Waals surface area contributed by atoms with Gasteiger partial charge < -0.3 is 10.1 Å². The number of benzene rings is 1. The van der Waals surface area contributed by atoms with Gasteiger partial charge in [0.1, 0.15) is 0 Å². The number of ether oxygens (including phenoxy) is 1. The Balaban J connectivity index is 1.69. The number of nitrogens with zero attached hydrogens (tertiary/aromatic N) is 3. The Labute approximate surface area is 177 Å². The Morgan fingerprint density at radius 3 is 2.48 bits per heavy atom. The molecule has 29 heavy (non-hydrogen) atoms. The van der Waals surface area contributed by atoms with E-state index in [4.69, 9.17) is 27.9 Å². The van der Waals surface area contributed by atoms with Crippen molar-refractivity contribution in [2.24, 2.45) is 0 Å². The number of amides is 1. The molecule has 0 aliphatic heterocycles. The maximum atomic E-state index is 12.4. The maximum Gasteiger partial charge on any atom is 0.359 e. The van der Waals surface area contributed by atoms with E-state index in [0.717, 1.165) is 17.0 Å². The highest BCUT2D eigenvalue weighted by atomic mass is 35.5. The first-order valence-electron chi connectivity index (χ1n) is 8.68. The van der Waals surface area contributed by atoms with Crippen LogP contribution in [0.3, 0.4) is 0 Å². The van der Waals surface area contributed by atoms with Crippen LogP contribution in [-0.2, 0) is 9.53 Å². The van der Waals surface area contributed by atoms with E-state index in [-0.39, 0.29) is 10.7 Å². The topological polar surface area (TPSA) is 86.1 Å². The van der Waals surface area contributed by atoms with Crippen molar-refractivity contribution in [3.8, 4) is 5.82 Å². The number of rotatable bonds is 5. The zero-order valence-electron chi connectivity index (χ0n) is 16.0. The van der Waals surface area contributed by atoms with Crippen LogP contribution in [0, 0.1) is 20.8 Å². The van der Waals surface area contributed by atoms with Gasteiger partial charge in [-0.2, -0.15) is 5.10 Å². The zero-order chi connectivity index (χ0) is 21.1. The van der Waals surface area contributed by atoms with E-state index in [2.05, 4.69) is 15.4 Å². The summed E-state index contributed by atoms with van der Waals surface area (Å²) in [5, 5.41) is 7.43. The fourth-order valence-corrected chi connectivity index (χ4v) is 3.13. The molecule has 0 bridgehead atoms. The monoisotopic (exact) mass is 432 g/mol. The Kier molecular flexibility index (Phi) is 6.20. The van der Waals surface area contributed by atoms with Crippen molar-refractivity contribution in [2.75, 3.05) is 11.9 Å².